The number of halogens is 1. The summed E-state index contributed by atoms with van der Waals surface area (Å²) in [6, 6.07) is 12.8. The maximum Gasteiger partial charge on any atom is 0.262 e. The largest absolute Gasteiger partial charge is 0.457 e. The molecule has 2 N–H and O–H groups in total. The molecule has 2 aromatic rings. The van der Waals surface area contributed by atoms with Gasteiger partial charge in [-0.25, -0.2) is 0 Å². The van der Waals surface area contributed by atoms with Crippen LogP contribution in [0.4, 0.5) is 0 Å². The zero-order valence-electron chi connectivity index (χ0n) is 15.1. The topological polar surface area (TPSA) is 70.5 Å². The van der Waals surface area contributed by atoms with Crippen LogP contribution in [0.15, 0.2) is 46.4 Å². The monoisotopic (exact) mass is 384 g/mol. The van der Waals surface area contributed by atoms with Gasteiger partial charge in [0.05, 0.1) is 31.2 Å². The van der Waals surface area contributed by atoms with Gasteiger partial charge in [0.2, 0.25) is 0 Å². The molecule has 1 aliphatic heterocycles. The Kier molecular flexibility index (Phi) is 6.69. The first-order chi connectivity index (χ1) is 13.2. The molecule has 0 atom stereocenters. The number of carbonyl (C=O) groups is 1. The van der Waals surface area contributed by atoms with E-state index in [0.29, 0.717) is 23.1 Å². The number of benzene rings is 1. The molecule has 27 heavy (non-hydrogen) atoms. The number of nitrogens with one attached hydrogen (secondary N) is 2. The highest BCUT2D eigenvalue weighted by Gasteiger charge is 2.15. The van der Waals surface area contributed by atoms with Crippen LogP contribution in [0.1, 0.15) is 25.0 Å². The first kappa shape index (κ1) is 19.2. The van der Waals surface area contributed by atoms with Crippen LogP contribution in [-0.4, -0.2) is 32.1 Å². The van der Waals surface area contributed by atoms with Crippen LogP contribution in [-0.2, 0) is 4.79 Å². The number of piperidine rings is 1. The van der Waals surface area contributed by atoms with Crippen molar-refractivity contribution in [3.63, 3.8) is 0 Å². The molecule has 1 fully saturated rings. The maximum absolute atomic E-state index is 12.3. The predicted molar refractivity (Wildman–Crippen MR) is 105 cm³/mol. The molecule has 0 bridgehead atoms. The van der Waals surface area contributed by atoms with E-state index in [9.17, 15) is 10.1 Å². The molecule has 140 valence electrons. The first-order valence-electron chi connectivity index (χ1n) is 9.25. The number of quaternary nitrogens is 1. The van der Waals surface area contributed by atoms with Gasteiger partial charge in [-0.1, -0.05) is 23.7 Å². The SMILES string of the molecule is N#C/C(=C\c1ccc(-c2ccccc2Cl)o1)C(=O)NCC[NH+]1CCCCC1. The van der Waals surface area contributed by atoms with Crippen molar-refractivity contribution in [1.29, 1.82) is 5.26 Å². The number of amides is 1. The van der Waals surface area contributed by atoms with Crippen molar-refractivity contribution in [2.45, 2.75) is 19.3 Å². The fourth-order valence-corrected chi connectivity index (χ4v) is 3.51. The number of rotatable bonds is 6. The quantitative estimate of drug-likeness (QED) is 0.594. The second-order valence-corrected chi connectivity index (χ2v) is 7.08. The molecule has 0 unspecified atom stereocenters. The normalized spacial score (nSPS) is 15.3. The van der Waals surface area contributed by atoms with E-state index in [4.69, 9.17) is 16.0 Å². The molecule has 0 saturated carbocycles. The Morgan fingerprint density at radius 2 is 2.00 bits per heavy atom. The fraction of sp³-hybridized carbons (Fsp3) is 0.333. The molecular formula is C21H23ClN3O2+. The lowest BCUT2D eigenvalue weighted by Gasteiger charge is -2.23. The molecule has 3 rings (SSSR count). The maximum atomic E-state index is 12.3. The lowest BCUT2D eigenvalue weighted by Crippen LogP contribution is -3.13. The van der Waals surface area contributed by atoms with E-state index < -0.39 is 0 Å². The van der Waals surface area contributed by atoms with Crippen LogP contribution in [0.3, 0.4) is 0 Å². The number of carbonyl (C=O) groups excluding carboxylic acids is 1. The highest BCUT2D eigenvalue weighted by Crippen LogP contribution is 2.29. The van der Waals surface area contributed by atoms with Crippen molar-refractivity contribution >= 4 is 23.6 Å². The van der Waals surface area contributed by atoms with Crippen LogP contribution in [0.25, 0.3) is 17.4 Å². The summed E-state index contributed by atoms with van der Waals surface area (Å²) < 4.78 is 5.74. The number of likely N-dealkylation sites (tertiary alicyclic amines) is 1. The van der Waals surface area contributed by atoms with Gasteiger partial charge in [-0.05, 0) is 43.5 Å². The van der Waals surface area contributed by atoms with Crippen molar-refractivity contribution in [1.82, 2.24) is 5.32 Å². The Morgan fingerprint density at radius 1 is 1.22 bits per heavy atom. The molecular weight excluding hydrogens is 362 g/mol. The van der Waals surface area contributed by atoms with Gasteiger partial charge in [-0.15, -0.1) is 0 Å². The third kappa shape index (κ3) is 5.22. The summed E-state index contributed by atoms with van der Waals surface area (Å²) in [5.74, 6) is 0.668. The molecule has 1 saturated heterocycles. The Bertz CT molecular complexity index is 860. The van der Waals surface area contributed by atoms with Crippen molar-refractivity contribution in [2.24, 2.45) is 0 Å². The van der Waals surface area contributed by atoms with Gasteiger partial charge in [0.15, 0.2) is 0 Å². The van der Waals surface area contributed by atoms with E-state index in [1.807, 2.05) is 24.3 Å². The molecule has 6 heteroatoms. The molecule has 1 aromatic carbocycles. The third-order valence-corrected chi connectivity index (χ3v) is 5.07. The standard InChI is InChI=1S/C21H22ClN3O2/c22-19-7-3-2-6-18(19)20-9-8-17(27-20)14-16(15-23)21(26)24-10-13-25-11-4-1-5-12-25/h2-3,6-9,14H,1,4-5,10-13H2,(H,24,26)/p+1/b16-14+. The Morgan fingerprint density at radius 3 is 2.74 bits per heavy atom. The lowest BCUT2D eigenvalue weighted by molar-refractivity contribution is -0.903. The zero-order chi connectivity index (χ0) is 19.1. The number of nitrogens with zero attached hydrogens (tertiary/aromatic N) is 1. The molecule has 1 aliphatic rings. The van der Waals surface area contributed by atoms with E-state index in [-0.39, 0.29) is 11.5 Å². The molecule has 5 nitrogen and oxygen atoms in total. The van der Waals surface area contributed by atoms with Crippen LogP contribution < -0.4 is 10.2 Å². The minimum absolute atomic E-state index is 0.0312. The highest BCUT2D eigenvalue weighted by molar-refractivity contribution is 6.33. The molecule has 1 aromatic heterocycles. The predicted octanol–water partition coefficient (Wildman–Crippen LogP) is 2.69. The Hall–Kier alpha value is -2.55. The molecule has 0 aliphatic carbocycles. The summed E-state index contributed by atoms with van der Waals surface area (Å²) in [5, 5.41) is 12.7. The number of hydrogen-bond acceptors (Lipinski definition) is 3. The average molecular weight is 385 g/mol. The molecule has 2 heterocycles. The van der Waals surface area contributed by atoms with Crippen LogP contribution in [0, 0.1) is 11.3 Å². The first-order valence-corrected chi connectivity index (χ1v) is 9.63. The summed E-state index contributed by atoms with van der Waals surface area (Å²) >= 11 is 6.18. The smallest absolute Gasteiger partial charge is 0.262 e. The highest BCUT2D eigenvalue weighted by atomic mass is 35.5. The van der Waals surface area contributed by atoms with Crippen molar-refractivity contribution in [3.05, 3.63) is 52.8 Å². The van der Waals surface area contributed by atoms with Crippen molar-refractivity contribution in [2.75, 3.05) is 26.2 Å². The third-order valence-electron chi connectivity index (χ3n) is 4.74. The van der Waals surface area contributed by atoms with E-state index in [2.05, 4.69) is 5.32 Å². The number of furan rings is 1. The molecule has 1 amide bonds. The summed E-state index contributed by atoms with van der Waals surface area (Å²) in [7, 11) is 0. The number of nitriles is 1. The molecule has 0 radical (unpaired) electrons. The van der Waals surface area contributed by atoms with Gasteiger partial charge in [-0.3, -0.25) is 4.79 Å². The number of hydrogen-bond donors (Lipinski definition) is 2. The average Bonchev–Trinajstić information content (AvgIpc) is 3.15. The van der Waals surface area contributed by atoms with Gasteiger partial charge in [-0.2, -0.15) is 5.26 Å². The lowest BCUT2D eigenvalue weighted by atomic mass is 10.1. The zero-order valence-corrected chi connectivity index (χ0v) is 15.9. The summed E-state index contributed by atoms with van der Waals surface area (Å²) in [6.07, 6.45) is 5.26. The van der Waals surface area contributed by atoms with Gasteiger partial charge in [0.25, 0.3) is 5.91 Å². The van der Waals surface area contributed by atoms with E-state index in [0.717, 1.165) is 25.2 Å². The van der Waals surface area contributed by atoms with Crippen molar-refractivity contribution in [3.8, 4) is 17.4 Å². The van der Waals surface area contributed by atoms with Gasteiger partial charge >= 0.3 is 0 Å². The Balaban J connectivity index is 1.61. The molecule has 0 spiro atoms. The van der Waals surface area contributed by atoms with E-state index >= 15 is 0 Å². The van der Waals surface area contributed by atoms with Crippen molar-refractivity contribution < 1.29 is 14.1 Å². The van der Waals surface area contributed by atoms with Gasteiger partial charge < -0.3 is 14.6 Å². The second-order valence-electron chi connectivity index (χ2n) is 6.67. The van der Waals surface area contributed by atoms with Crippen LogP contribution >= 0.6 is 11.6 Å². The van der Waals surface area contributed by atoms with Crippen LogP contribution in [0.5, 0.6) is 0 Å². The van der Waals surface area contributed by atoms with Gasteiger partial charge in [0.1, 0.15) is 23.2 Å². The minimum atomic E-state index is -0.371. The Labute approximate surface area is 164 Å². The minimum Gasteiger partial charge on any atom is -0.457 e. The van der Waals surface area contributed by atoms with E-state index in [1.165, 1.54) is 30.2 Å². The van der Waals surface area contributed by atoms with E-state index in [1.54, 1.807) is 18.2 Å². The summed E-state index contributed by atoms with van der Waals surface area (Å²) in [6.45, 7) is 3.78. The second kappa shape index (κ2) is 9.40. The summed E-state index contributed by atoms with van der Waals surface area (Å²) in [5.41, 5.74) is 0.801. The van der Waals surface area contributed by atoms with Gasteiger partial charge in [0, 0.05) is 11.6 Å². The van der Waals surface area contributed by atoms with Crippen LogP contribution in [0.2, 0.25) is 5.02 Å². The fourth-order valence-electron chi connectivity index (χ4n) is 3.28. The summed E-state index contributed by atoms with van der Waals surface area (Å²) in [4.78, 5) is 13.8.